The summed E-state index contributed by atoms with van der Waals surface area (Å²) in [6, 6.07) is 11.2. The fourth-order valence-electron chi connectivity index (χ4n) is 4.77. The van der Waals surface area contributed by atoms with Crippen LogP contribution < -0.4 is 10.9 Å². The number of piperidine rings is 1. The Morgan fingerprint density at radius 3 is 2.47 bits per heavy atom. The molecule has 2 aliphatic heterocycles. The Kier molecular flexibility index (Phi) is 5.47. The van der Waals surface area contributed by atoms with E-state index < -0.39 is 0 Å². The highest BCUT2D eigenvalue weighted by atomic mass is 16.2. The standard InChI is InChI=1S/C23H28N4O3/c1-15(28)24-19-6-4-17(5-7-19)20-8-9-21(29)27-12-16-10-18(23(20)27)13-26(11-16)22(30)14-25(2)3/h4-9,16,18H,10-14H2,1-3H3,(H,24,28)/t16-,18+/m0/s1. The monoisotopic (exact) mass is 408 g/mol. The third-order valence-electron chi connectivity index (χ3n) is 5.91. The van der Waals surface area contributed by atoms with Crippen molar-refractivity contribution in [2.75, 3.05) is 39.0 Å². The van der Waals surface area contributed by atoms with E-state index in [1.54, 1.807) is 6.07 Å². The zero-order valence-corrected chi connectivity index (χ0v) is 17.7. The summed E-state index contributed by atoms with van der Waals surface area (Å²) in [5, 5.41) is 2.78. The van der Waals surface area contributed by atoms with Gasteiger partial charge in [-0.2, -0.15) is 0 Å². The van der Waals surface area contributed by atoms with E-state index in [2.05, 4.69) is 5.32 Å². The van der Waals surface area contributed by atoms with Gasteiger partial charge in [0.1, 0.15) is 0 Å². The minimum Gasteiger partial charge on any atom is -0.341 e. The van der Waals surface area contributed by atoms with Gasteiger partial charge in [-0.3, -0.25) is 14.4 Å². The lowest BCUT2D eigenvalue weighted by Crippen LogP contribution is -2.51. The van der Waals surface area contributed by atoms with Gasteiger partial charge in [-0.15, -0.1) is 0 Å². The highest BCUT2D eigenvalue weighted by molar-refractivity contribution is 5.89. The third-order valence-corrected chi connectivity index (χ3v) is 5.91. The van der Waals surface area contributed by atoms with Crippen LogP contribution in [-0.2, 0) is 16.1 Å². The van der Waals surface area contributed by atoms with Crippen molar-refractivity contribution >= 4 is 17.5 Å². The van der Waals surface area contributed by atoms with Crippen LogP contribution in [0.25, 0.3) is 11.1 Å². The summed E-state index contributed by atoms with van der Waals surface area (Å²) < 4.78 is 1.91. The molecule has 0 radical (unpaired) electrons. The maximum absolute atomic E-state index is 12.7. The molecule has 2 aromatic rings. The molecule has 30 heavy (non-hydrogen) atoms. The number of anilines is 1. The van der Waals surface area contributed by atoms with Crippen LogP contribution in [0.1, 0.15) is 25.0 Å². The number of pyridine rings is 1. The Balaban J connectivity index is 1.69. The van der Waals surface area contributed by atoms with E-state index in [0.717, 1.165) is 28.9 Å². The summed E-state index contributed by atoms with van der Waals surface area (Å²) in [5.74, 6) is 0.477. The van der Waals surface area contributed by atoms with Crippen molar-refractivity contribution < 1.29 is 9.59 Å². The summed E-state index contributed by atoms with van der Waals surface area (Å²) in [5.41, 5.74) is 3.81. The Hall–Kier alpha value is -2.93. The van der Waals surface area contributed by atoms with Gasteiger partial charge in [0, 0.05) is 55.5 Å². The number of hydrogen-bond donors (Lipinski definition) is 1. The van der Waals surface area contributed by atoms with Gasteiger partial charge in [-0.05, 0) is 50.2 Å². The molecule has 1 fully saturated rings. The highest BCUT2D eigenvalue weighted by Gasteiger charge is 2.37. The number of nitrogens with zero attached hydrogens (tertiary/aromatic N) is 3. The van der Waals surface area contributed by atoms with Crippen molar-refractivity contribution in [2.45, 2.75) is 25.8 Å². The molecule has 0 spiro atoms. The Bertz CT molecular complexity index is 1030. The van der Waals surface area contributed by atoms with Crippen LogP contribution in [0, 0.1) is 5.92 Å². The quantitative estimate of drug-likeness (QED) is 0.840. The lowest BCUT2D eigenvalue weighted by Gasteiger charge is -2.43. The van der Waals surface area contributed by atoms with E-state index in [-0.39, 0.29) is 23.3 Å². The van der Waals surface area contributed by atoms with Gasteiger partial charge in [0.25, 0.3) is 5.56 Å². The first kappa shape index (κ1) is 20.3. The zero-order valence-electron chi connectivity index (χ0n) is 17.7. The van der Waals surface area contributed by atoms with Crippen molar-refractivity contribution in [3.63, 3.8) is 0 Å². The Morgan fingerprint density at radius 2 is 1.80 bits per heavy atom. The zero-order chi connectivity index (χ0) is 21.4. The van der Waals surface area contributed by atoms with Crippen LogP contribution in [0.15, 0.2) is 41.2 Å². The van der Waals surface area contributed by atoms with Crippen LogP contribution in [0.5, 0.6) is 0 Å². The molecule has 2 atom stereocenters. The predicted octanol–water partition coefficient (Wildman–Crippen LogP) is 1.98. The van der Waals surface area contributed by atoms with Crippen LogP contribution in [0.2, 0.25) is 0 Å². The van der Waals surface area contributed by atoms with E-state index in [4.69, 9.17) is 0 Å². The summed E-state index contributed by atoms with van der Waals surface area (Å²) >= 11 is 0. The average molecular weight is 409 g/mol. The summed E-state index contributed by atoms with van der Waals surface area (Å²) in [6.07, 6.45) is 0.992. The van der Waals surface area contributed by atoms with Gasteiger partial charge < -0.3 is 19.7 Å². The number of likely N-dealkylation sites (N-methyl/N-ethyl adjacent to an activating group) is 1. The average Bonchev–Trinajstić information content (AvgIpc) is 2.68. The number of aromatic nitrogens is 1. The second-order valence-corrected chi connectivity index (χ2v) is 8.67. The van der Waals surface area contributed by atoms with E-state index >= 15 is 0 Å². The highest BCUT2D eigenvalue weighted by Crippen LogP contribution is 2.40. The summed E-state index contributed by atoms with van der Waals surface area (Å²) in [4.78, 5) is 40.5. The normalized spacial score (nSPS) is 20.1. The molecular weight excluding hydrogens is 380 g/mol. The molecule has 0 saturated carbocycles. The van der Waals surface area contributed by atoms with Crippen molar-refractivity contribution in [2.24, 2.45) is 5.92 Å². The second kappa shape index (κ2) is 8.07. The van der Waals surface area contributed by atoms with E-state index in [9.17, 15) is 14.4 Å². The van der Waals surface area contributed by atoms with Gasteiger partial charge >= 0.3 is 0 Å². The molecule has 1 N–H and O–H groups in total. The van der Waals surface area contributed by atoms with Crippen LogP contribution in [0.3, 0.4) is 0 Å². The second-order valence-electron chi connectivity index (χ2n) is 8.67. The Morgan fingerprint density at radius 1 is 1.07 bits per heavy atom. The molecule has 0 unspecified atom stereocenters. The van der Waals surface area contributed by atoms with Gasteiger partial charge in [0.2, 0.25) is 11.8 Å². The fourth-order valence-corrected chi connectivity index (χ4v) is 4.77. The minimum absolute atomic E-state index is 0.0198. The SMILES string of the molecule is CC(=O)Nc1ccc(-c2ccc(=O)n3c2[C@@H]2C[C@@H](CN(C(=O)CN(C)C)C2)C3)cc1. The fraction of sp³-hybridized carbons (Fsp3) is 0.435. The molecule has 1 aromatic carbocycles. The van der Waals surface area contributed by atoms with Gasteiger partial charge in [0.15, 0.2) is 0 Å². The molecule has 2 amide bonds. The lowest BCUT2D eigenvalue weighted by molar-refractivity contribution is -0.134. The molecular formula is C23H28N4O3. The summed E-state index contributed by atoms with van der Waals surface area (Å²) in [7, 11) is 3.81. The van der Waals surface area contributed by atoms with Gasteiger partial charge in [0.05, 0.1) is 6.54 Å². The largest absolute Gasteiger partial charge is 0.341 e. The number of rotatable bonds is 4. The molecule has 7 nitrogen and oxygen atoms in total. The number of hydrogen-bond acceptors (Lipinski definition) is 4. The first-order valence-electron chi connectivity index (χ1n) is 10.4. The maximum atomic E-state index is 12.7. The number of carbonyl (C=O) groups excluding carboxylic acids is 2. The lowest BCUT2D eigenvalue weighted by atomic mass is 9.80. The molecule has 158 valence electrons. The smallest absolute Gasteiger partial charge is 0.250 e. The predicted molar refractivity (Wildman–Crippen MR) is 116 cm³/mol. The van der Waals surface area contributed by atoms with E-state index in [1.807, 2.05) is 58.8 Å². The Labute approximate surface area is 176 Å². The van der Waals surface area contributed by atoms with Crippen LogP contribution in [0.4, 0.5) is 5.69 Å². The molecule has 0 aliphatic carbocycles. The van der Waals surface area contributed by atoms with Gasteiger partial charge in [-0.1, -0.05) is 12.1 Å². The minimum atomic E-state index is -0.109. The first-order valence-corrected chi connectivity index (χ1v) is 10.4. The molecule has 7 heteroatoms. The van der Waals surface area contributed by atoms with E-state index in [1.165, 1.54) is 6.92 Å². The third kappa shape index (κ3) is 4.03. The number of benzene rings is 1. The molecule has 2 bridgehead atoms. The van der Waals surface area contributed by atoms with Crippen molar-refractivity contribution in [3.8, 4) is 11.1 Å². The molecule has 1 aromatic heterocycles. The number of carbonyl (C=O) groups is 2. The van der Waals surface area contributed by atoms with Crippen LogP contribution in [-0.4, -0.2) is 59.9 Å². The van der Waals surface area contributed by atoms with E-state index in [0.29, 0.717) is 32.1 Å². The van der Waals surface area contributed by atoms with Crippen molar-refractivity contribution in [1.82, 2.24) is 14.4 Å². The van der Waals surface area contributed by atoms with Crippen molar-refractivity contribution in [3.05, 3.63) is 52.4 Å². The molecule has 1 saturated heterocycles. The number of amides is 2. The molecule has 2 aliphatic rings. The summed E-state index contributed by atoms with van der Waals surface area (Å²) in [6.45, 7) is 3.89. The maximum Gasteiger partial charge on any atom is 0.250 e. The number of nitrogens with one attached hydrogen (secondary N) is 1. The topological polar surface area (TPSA) is 74.6 Å². The van der Waals surface area contributed by atoms with Crippen molar-refractivity contribution in [1.29, 1.82) is 0 Å². The van der Waals surface area contributed by atoms with Crippen LogP contribution >= 0.6 is 0 Å². The first-order chi connectivity index (χ1) is 14.3. The number of likely N-dealkylation sites (tertiary alicyclic amines) is 1. The number of fused-ring (bicyclic) bond motifs is 4. The van der Waals surface area contributed by atoms with Gasteiger partial charge in [-0.25, -0.2) is 0 Å². The molecule has 4 rings (SSSR count). The molecule has 3 heterocycles.